The fourth-order valence-electron chi connectivity index (χ4n) is 2.05. The first-order valence-corrected chi connectivity index (χ1v) is 8.71. The molecule has 1 amide bonds. The number of amides is 1. The van der Waals surface area contributed by atoms with Gasteiger partial charge in [0.15, 0.2) is 0 Å². The summed E-state index contributed by atoms with van der Waals surface area (Å²) in [5, 5.41) is 15.8. The summed E-state index contributed by atoms with van der Waals surface area (Å²) < 4.78 is 5.33. The molecule has 1 aromatic rings. The van der Waals surface area contributed by atoms with Crippen molar-refractivity contribution in [2.75, 3.05) is 26.3 Å². The van der Waals surface area contributed by atoms with Gasteiger partial charge < -0.3 is 20.5 Å². The molecule has 6 nitrogen and oxygen atoms in total. The Kier molecular flexibility index (Phi) is 9.21. The maximum absolute atomic E-state index is 11.7. The van der Waals surface area contributed by atoms with Gasteiger partial charge in [0.1, 0.15) is 5.54 Å². The van der Waals surface area contributed by atoms with Crippen LogP contribution in [0.4, 0.5) is 0 Å². The molecule has 1 fully saturated rings. The summed E-state index contributed by atoms with van der Waals surface area (Å²) in [6.07, 6.45) is 0.281. The van der Waals surface area contributed by atoms with Crippen LogP contribution in [0.5, 0.6) is 0 Å². The van der Waals surface area contributed by atoms with Crippen LogP contribution in [0, 0.1) is 5.92 Å². The van der Waals surface area contributed by atoms with E-state index < -0.39 is 11.5 Å². The standard InChI is InChI=1S/C11H20N2O4.C6H4Cl2/c1-11(2,10(15)16)13-9(14)5-8-6-12-3-4-17-7-8;7-5-3-1-2-4-6(5)8/h8,12H,3-7H2,1-2H3,(H,13,14)(H,15,16);1-4H. The van der Waals surface area contributed by atoms with E-state index in [9.17, 15) is 9.59 Å². The van der Waals surface area contributed by atoms with Crippen LogP contribution in [0.3, 0.4) is 0 Å². The van der Waals surface area contributed by atoms with Crippen molar-refractivity contribution in [3.05, 3.63) is 34.3 Å². The highest BCUT2D eigenvalue weighted by molar-refractivity contribution is 6.41. The minimum Gasteiger partial charge on any atom is -0.480 e. The summed E-state index contributed by atoms with van der Waals surface area (Å²) in [5.41, 5.74) is -1.23. The molecule has 0 radical (unpaired) electrons. The molecule has 25 heavy (non-hydrogen) atoms. The zero-order valence-corrected chi connectivity index (χ0v) is 15.9. The topological polar surface area (TPSA) is 87.7 Å². The normalized spacial score (nSPS) is 17.7. The number of carbonyl (C=O) groups is 2. The molecule has 1 aromatic carbocycles. The van der Waals surface area contributed by atoms with Crippen LogP contribution in [0.2, 0.25) is 10.0 Å². The minimum atomic E-state index is -1.23. The number of carboxylic acid groups (broad SMARTS) is 1. The number of hydrogen-bond donors (Lipinski definition) is 3. The van der Waals surface area contributed by atoms with Gasteiger partial charge in [0.05, 0.1) is 23.3 Å². The number of benzene rings is 1. The number of carboxylic acids is 1. The van der Waals surface area contributed by atoms with Crippen LogP contribution >= 0.6 is 23.2 Å². The van der Waals surface area contributed by atoms with E-state index >= 15 is 0 Å². The molecule has 0 aromatic heterocycles. The lowest BCUT2D eigenvalue weighted by Gasteiger charge is -2.22. The Morgan fingerprint density at radius 2 is 1.92 bits per heavy atom. The number of ether oxygens (including phenoxy) is 1. The van der Waals surface area contributed by atoms with Gasteiger partial charge in [-0.15, -0.1) is 0 Å². The first-order valence-electron chi connectivity index (χ1n) is 7.95. The Morgan fingerprint density at radius 3 is 2.44 bits per heavy atom. The first kappa shape index (κ1) is 21.7. The maximum atomic E-state index is 11.7. The number of aliphatic carboxylic acids is 1. The molecule has 140 valence electrons. The largest absolute Gasteiger partial charge is 0.480 e. The van der Waals surface area contributed by atoms with Gasteiger partial charge in [0.2, 0.25) is 5.91 Å². The van der Waals surface area contributed by atoms with Crippen molar-refractivity contribution in [2.45, 2.75) is 25.8 Å². The van der Waals surface area contributed by atoms with Crippen molar-refractivity contribution < 1.29 is 19.4 Å². The minimum absolute atomic E-state index is 0.0992. The van der Waals surface area contributed by atoms with Crippen molar-refractivity contribution in [2.24, 2.45) is 5.92 Å². The van der Waals surface area contributed by atoms with Crippen molar-refractivity contribution in [1.82, 2.24) is 10.6 Å². The number of carbonyl (C=O) groups excluding carboxylic acids is 1. The molecule has 1 aliphatic heterocycles. The lowest BCUT2D eigenvalue weighted by atomic mass is 10.0. The molecule has 8 heteroatoms. The van der Waals surface area contributed by atoms with Gasteiger partial charge in [0, 0.05) is 25.4 Å². The Hall–Kier alpha value is -1.34. The lowest BCUT2D eigenvalue weighted by Crippen LogP contribution is -2.50. The van der Waals surface area contributed by atoms with E-state index in [1.807, 2.05) is 12.1 Å². The van der Waals surface area contributed by atoms with Crippen LogP contribution in [-0.4, -0.2) is 48.8 Å². The van der Waals surface area contributed by atoms with Crippen molar-refractivity contribution >= 4 is 35.1 Å². The highest BCUT2D eigenvalue weighted by Gasteiger charge is 2.29. The van der Waals surface area contributed by atoms with Gasteiger partial charge in [-0.25, -0.2) is 4.79 Å². The number of rotatable bonds is 4. The second-order valence-corrected chi connectivity index (χ2v) is 7.06. The van der Waals surface area contributed by atoms with Gasteiger partial charge in [-0.3, -0.25) is 4.79 Å². The summed E-state index contributed by atoms with van der Waals surface area (Å²) in [5.74, 6) is -1.20. The Bertz CT molecular complexity index is 553. The fourth-order valence-corrected chi connectivity index (χ4v) is 2.32. The van der Waals surface area contributed by atoms with E-state index in [0.29, 0.717) is 23.3 Å². The van der Waals surface area contributed by atoms with Crippen LogP contribution < -0.4 is 10.6 Å². The van der Waals surface area contributed by atoms with E-state index in [4.69, 9.17) is 33.0 Å². The smallest absolute Gasteiger partial charge is 0.328 e. The third-order valence-corrected chi connectivity index (χ3v) is 4.25. The summed E-state index contributed by atoms with van der Waals surface area (Å²) in [7, 11) is 0. The third kappa shape index (κ3) is 8.54. The maximum Gasteiger partial charge on any atom is 0.328 e. The number of nitrogens with one attached hydrogen (secondary N) is 2. The highest BCUT2D eigenvalue weighted by atomic mass is 35.5. The van der Waals surface area contributed by atoms with E-state index in [1.165, 1.54) is 13.8 Å². The van der Waals surface area contributed by atoms with Gasteiger partial charge >= 0.3 is 5.97 Å². The second-order valence-electron chi connectivity index (χ2n) is 6.24. The molecule has 0 spiro atoms. The molecular weight excluding hydrogens is 367 g/mol. The van der Waals surface area contributed by atoms with Gasteiger partial charge in [-0.1, -0.05) is 35.3 Å². The number of halogens is 2. The number of hydrogen-bond acceptors (Lipinski definition) is 4. The second kappa shape index (κ2) is 10.6. The van der Waals surface area contributed by atoms with E-state index in [-0.39, 0.29) is 18.2 Å². The van der Waals surface area contributed by atoms with E-state index in [1.54, 1.807) is 12.1 Å². The molecule has 1 atom stereocenters. The zero-order chi connectivity index (χ0) is 18.9. The van der Waals surface area contributed by atoms with E-state index in [0.717, 1.165) is 13.1 Å². The first-order chi connectivity index (χ1) is 11.7. The van der Waals surface area contributed by atoms with E-state index in [2.05, 4.69) is 10.6 Å². The molecule has 0 bridgehead atoms. The van der Waals surface area contributed by atoms with Crippen LogP contribution in [0.25, 0.3) is 0 Å². The zero-order valence-electron chi connectivity index (χ0n) is 14.4. The molecule has 1 unspecified atom stereocenters. The molecule has 0 saturated carbocycles. The van der Waals surface area contributed by atoms with Crippen molar-refractivity contribution in [3.8, 4) is 0 Å². The molecular formula is C17H24Cl2N2O4. The monoisotopic (exact) mass is 390 g/mol. The molecule has 3 N–H and O–H groups in total. The molecule has 1 aliphatic rings. The Labute approximate surface area is 157 Å². The Morgan fingerprint density at radius 1 is 1.32 bits per heavy atom. The predicted octanol–water partition coefficient (Wildman–Crippen LogP) is 2.59. The average molecular weight is 391 g/mol. The van der Waals surface area contributed by atoms with Crippen LogP contribution in [0.1, 0.15) is 20.3 Å². The molecule has 1 saturated heterocycles. The quantitative estimate of drug-likeness (QED) is 0.735. The molecule has 1 heterocycles. The summed E-state index contributed by atoms with van der Waals surface area (Å²) >= 11 is 11.2. The summed E-state index contributed by atoms with van der Waals surface area (Å²) in [4.78, 5) is 22.5. The highest BCUT2D eigenvalue weighted by Crippen LogP contribution is 2.19. The average Bonchev–Trinajstić information content (AvgIpc) is 2.79. The SMILES string of the molecule is CC(C)(NC(=O)CC1CNCCOC1)C(=O)O.Clc1ccccc1Cl. The van der Waals surface area contributed by atoms with Gasteiger partial charge in [-0.05, 0) is 26.0 Å². The van der Waals surface area contributed by atoms with Crippen LogP contribution in [-0.2, 0) is 14.3 Å². The molecule has 0 aliphatic carbocycles. The van der Waals surface area contributed by atoms with Crippen molar-refractivity contribution in [3.63, 3.8) is 0 Å². The predicted molar refractivity (Wildman–Crippen MR) is 98.1 cm³/mol. The van der Waals surface area contributed by atoms with Crippen molar-refractivity contribution in [1.29, 1.82) is 0 Å². The van der Waals surface area contributed by atoms with Gasteiger partial charge in [0.25, 0.3) is 0 Å². The Balaban J connectivity index is 0.000000324. The van der Waals surface area contributed by atoms with Crippen LogP contribution in [0.15, 0.2) is 24.3 Å². The van der Waals surface area contributed by atoms with Gasteiger partial charge in [-0.2, -0.15) is 0 Å². The summed E-state index contributed by atoms with van der Waals surface area (Å²) in [6, 6.07) is 7.19. The fraction of sp³-hybridized carbons (Fsp3) is 0.529. The lowest BCUT2D eigenvalue weighted by molar-refractivity contribution is -0.146. The summed E-state index contributed by atoms with van der Waals surface area (Å²) in [6.45, 7) is 5.64. The third-order valence-electron chi connectivity index (χ3n) is 3.49. The molecule has 2 rings (SSSR count).